The minimum Gasteiger partial charge on any atom is -0.360 e. The van der Waals surface area contributed by atoms with Crippen molar-refractivity contribution in [1.29, 1.82) is 0 Å². The number of imide groups is 1. The van der Waals surface area contributed by atoms with Gasteiger partial charge in [0.1, 0.15) is 0 Å². The molecule has 0 unspecified atom stereocenters. The number of anilines is 2. The number of allylic oxidation sites excluding steroid dienone is 1. The van der Waals surface area contributed by atoms with Crippen LogP contribution in [0.1, 0.15) is 27.6 Å². The summed E-state index contributed by atoms with van der Waals surface area (Å²) in [4.78, 5) is 38.0. The molecule has 1 heterocycles. The van der Waals surface area contributed by atoms with E-state index >= 15 is 0 Å². The van der Waals surface area contributed by atoms with Gasteiger partial charge >= 0.3 is 0 Å². The summed E-state index contributed by atoms with van der Waals surface area (Å²) in [5, 5.41) is 15.3. The second-order valence-electron chi connectivity index (χ2n) is 6.56. The van der Waals surface area contributed by atoms with E-state index in [1.807, 2.05) is 0 Å². The maximum absolute atomic E-state index is 13.2. The van der Waals surface area contributed by atoms with Gasteiger partial charge < -0.3 is 5.32 Å². The van der Waals surface area contributed by atoms with Crippen LogP contribution >= 0.6 is 0 Å². The number of carbonyl (C=O) groups is 2. The average Bonchev–Trinajstić information content (AvgIpc) is 2.65. The first kappa shape index (κ1) is 17.4. The summed E-state index contributed by atoms with van der Waals surface area (Å²) in [7, 11) is 0. The quantitative estimate of drug-likeness (QED) is 0.413. The summed E-state index contributed by atoms with van der Waals surface area (Å²) >= 11 is 0. The maximum atomic E-state index is 13.2. The molecule has 138 valence electrons. The number of nitrogens with zero attached hydrogens (tertiary/aromatic N) is 2. The third kappa shape index (κ3) is 2.69. The van der Waals surface area contributed by atoms with Crippen molar-refractivity contribution in [3.8, 4) is 0 Å². The van der Waals surface area contributed by atoms with Gasteiger partial charge in [-0.1, -0.05) is 24.8 Å². The first-order valence-electron chi connectivity index (χ1n) is 8.49. The van der Waals surface area contributed by atoms with Crippen molar-refractivity contribution in [2.24, 2.45) is 0 Å². The van der Waals surface area contributed by atoms with Crippen LogP contribution in [0.2, 0.25) is 0 Å². The van der Waals surface area contributed by atoms with E-state index in [9.17, 15) is 19.7 Å². The fraction of sp³-hybridized carbons (Fsp3) is 0.0476. The highest BCUT2D eigenvalue weighted by molar-refractivity contribution is 6.36. The molecule has 1 aliphatic heterocycles. The third-order valence-corrected chi connectivity index (χ3v) is 4.50. The Morgan fingerprint density at radius 1 is 1.04 bits per heavy atom. The Kier molecular flexibility index (Phi) is 3.93. The first-order valence-corrected chi connectivity index (χ1v) is 8.49. The minimum atomic E-state index is -0.593. The van der Waals surface area contributed by atoms with Gasteiger partial charge in [0.2, 0.25) is 0 Å². The van der Waals surface area contributed by atoms with Crippen molar-refractivity contribution in [1.82, 2.24) is 0 Å². The molecule has 0 saturated carbocycles. The highest BCUT2D eigenvalue weighted by atomic mass is 16.6. The van der Waals surface area contributed by atoms with Crippen molar-refractivity contribution in [2.75, 3.05) is 10.2 Å². The topological polar surface area (TPSA) is 92.6 Å². The second kappa shape index (κ2) is 6.31. The predicted octanol–water partition coefficient (Wildman–Crippen LogP) is 4.49. The second-order valence-corrected chi connectivity index (χ2v) is 6.56. The smallest absolute Gasteiger partial charge is 0.270 e. The molecule has 7 nitrogen and oxygen atoms in total. The van der Waals surface area contributed by atoms with E-state index in [1.54, 1.807) is 49.4 Å². The van der Waals surface area contributed by atoms with E-state index < -0.39 is 16.7 Å². The van der Waals surface area contributed by atoms with E-state index in [1.165, 1.54) is 12.1 Å². The molecule has 0 saturated heterocycles. The number of benzene rings is 3. The Balaban J connectivity index is 1.91. The SMILES string of the molecule is C=C(C)Nc1cccc(N2C(=O)c3cccc4cc([N+](=O)[O-])cc(c34)C2=O)c1. The molecule has 0 radical (unpaired) electrons. The van der Waals surface area contributed by atoms with E-state index in [0.717, 1.165) is 4.90 Å². The van der Waals surface area contributed by atoms with Crippen LogP contribution in [0.4, 0.5) is 17.1 Å². The van der Waals surface area contributed by atoms with Crippen molar-refractivity contribution in [3.05, 3.63) is 88.1 Å². The maximum Gasteiger partial charge on any atom is 0.270 e. The molecule has 1 N–H and O–H groups in total. The lowest BCUT2D eigenvalue weighted by atomic mass is 9.93. The first-order chi connectivity index (χ1) is 13.4. The Morgan fingerprint density at radius 3 is 2.46 bits per heavy atom. The van der Waals surface area contributed by atoms with Gasteiger partial charge in [-0.15, -0.1) is 0 Å². The molecule has 0 bridgehead atoms. The monoisotopic (exact) mass is 373 g/mol. The Bertz CT molecular complexity index is 1200. The molecule has 0 aliphatic carbocycles. The molecular weight excluding hydrogens is 358 g/mol. The fourth-order valence-corrected chi connectivity index (χ4v) is 3.40. The number of nitrogens with one attached hydrogen (secondary N) is 1. The van der Waals surface area contributed by atoms with Gasteiger partial charge in [-0.05, 0) is 36.6 Å². The molecule has 0 spiro atoms. The fourth-order valence-electron chi connectivity index (χ4n) is 3.40. The van der Waals surface area contributed by atoms with E-state index in [0.29, 0.717) is 33.4 Å². The van der Waals surface area contributed by atoms with Crippen LogP contribution in [0.5, 0.6) is 0 Å². The van der Waals surface area contributed by atoms with Crippen LogP contribution in [0.15, 0.2) is 66.9 Å². The number of amides is 2. The van der Waals surface area contributed by atoms with Crippen molar-refractivity contribution in [2.45, 2.75) is 6.92 Å². The number of non-ortho nitro benzene ring substituents is 1. The third-order valence-electron chi connectivity index (χ3n) is 4.50. The normalized spacial score (nSPS) is 13.0. The van der Waals surface area contributed by atoms with Crippen LogP contribution in [-0.4, -0.2) is 16.7 Å². The Labute approximate surface area is 160 Å². The summed E-state index contributed by atoms with van der Waals surface area (Å²) in [6.45, 7) is 5.57. The largest absolute Gasteiger partial charge is 0.360 e. The summed E-state index contributed by atoms with van der Waals surface area (Å²) in [6, 6.07) is 14.3. The van der Waals surface area contributed by atoms with Gasteiger partial charge in [0.25, 0.3) is 17.5 Å². The number of hydrogen-bond acceptors (Lipinski definition) is 5. The molecular formula is C21H15N3O4. The van der Waals surface area contributed by atoms with Crippen LogP contribution in [0, 0.1) is 10.1 Å². The van der Waals surface area contributed by atoms with Crippen molar-refractivity contribution >= 4 is 39.6 Å². The molecule has 0 atom stereocenters. The summed E-state index contributed by atoms with van der Waals surface area (Å²) in [5.41, 5.74) is 2.03. The molecule has 28 heavy (non-hydrogen) atoms. The molecule has 1 aliphatic rings. The zero-order valence-electron chi connectivity index (χ0n) is 14.9. The number of carbonyl (C=O) groups excluding carboxylic acids is 2. The molecule has 3 aromatic carbocycles. The molecule has 2 amide bonds. The zero-order chi connectivity index (χ0) is 20.0. The van der Waals surface area contributed by atoms with E-state index in [-0.39, 0.29) is 11.3 Å². The highest BCUT2D eigenvalue weighted by Gasteiger charge is 2.35. The van der Waals surface area contributed by atoms with Crippen LogP contribution < -0.4 is 10.2 Å². The van der Waals surface area contributed by atoms with Crippen LogP contribution in [-0.2, 0) is 0 Å². The van der Waals surface area contributed by atoms with Gasteiger partial charge in [0, 0.05) is 34.5 Å². The van der Waals surface area contributed by atoms with Crippen molar-refractivity contribution in [3.63, 3.8) is 0 Å². The van der Waals surface area contributed by atoms with Crippen LogP contribution in [0.3, 0.4) is 0 Å². The van der Waals surface area contributed by atoms with Gasteiger partial charge in [-0.25, -0.2) is 4.90 Å². The van der Waals surface area contributed by atoms with E-state index in [4.69, 9.17) is 0 Å². The lowest BCUT2D eigenvalue weighted by Gasteiger charge is -2.27. The lowest BCUT2D eigenvalue weighted by molar-refractivity contribution is -0.384. The van der Waals surface area contributed by atoms with Crippen molar-refractivity contribution < 1.29 is 14.5 Å². The minimum absolute atomic E-state index is 0.137. The van der Waals surface area contributed by atoms with Gasteiger partial charge in [-0.3, -0.25) is 19.7 Å². The highest BCUT2D eigenvalue weighted by Crippen LogP contribution is 2.36. The summed E-state index contributed by atoms with van der Waals surface area (Å²) in [6.07, 6.45) is 0. The molecule has 0 aromatic heterocycles. The number of rotatable bonds is 4. The molecule has 4 rings (SSSR count). The number of hydrogen-bond donors (Lipinski definition) is 1. The zero-order valence-corrected chi connectivity index (χ0v) is 14.9. The summed E-state index contributed by atoms with van der Waals surface area (Å²) < 4.78 is 0. The van der Waals surface area contributed by atoms with Gasteiger partial charge in [-0.2, -0.15) is 0 Å². The van der Waals surface area contributed by atoms with E-state index in [2.05, 4.69) is 11.9 Å². The molecule has 7 heteroatoms. The lowest BCUT2D eigenvalue weighted by Crippen LogP contribution is -2.40. The molecule has 0 fully saturated rings. The van der Waals surface area contributed by atoms with Gasteiger partial charge in [0.05, 0.1) is 16.2 Å². The van der Waals surface area contributed by atoms with Gasteiger partial charge in [0.15, 0.2) is 0 Å². The Hall–Kier alpha value is -4.00. The number of nitro benzene ring substituents is 1. The average molecular weight is 373 g/mol. The number of nitro groups is 1. The summed E-state index contributed by atoms with van der Waals surface area (Å²) in [5.74, 6) is -1.06. The standard InChI is InChI=1S/C21H15N3O4/c1-12(2)22-14-6-4-7-15(10-14)23-20(25)17-8-3-5-13-9-16(24(27)28)11-18(19(13)17)21(23)26/h3-11,22H,1H2,2H3. The Morgan fingerprint density at radius 2 is 1.75 bits per heavy atom. The predicted molar refractivity (Wildman–Crippen MR) is 107 cm³/mol. The van der Waals surface area contributed by atoms with Crippen LogP contribution in [0.25, 0.3) is 10.8 Å². The molecule has 3 aromatic rings.